The van der Waals surface area contributed by atoms with Gasteiger partial charge in [0.25, 0.3) is 0 Å². The van der Waals surface area contributed by atoms with Crippen molar-refractivity contribution < 1.29 is 9.59 Å². The monoisotopic (exact) mass is 339 g/mol. The second-order valence-electron chi connectivity index (χ2n) is 5.21. The summed E-state index contributed by atoms with van der Waals surface area (Å²) in [6, 6.07) is 4.88. The maximum Gasteiger partial charge on any atom is 0.248 e. The lowest BCUT2D eigenvalue weighted by Crippen LogP contribution is -2.48. The lowest BCUT2D eigenvalue weighted by Gasteiger charge is -2.29. The molecule has 2 amide bonds. The lowest BCUT2D eigenvalue weighted by molar-refractivity contribution is -0.136. The van der Waals surface area contributed by atoms with Crippen molar-refractivity contribution in [2.24, 2.45) is 5.92 Å². The molecule has 0 aromatic carbocycles. The number of nitrogens with zero attached hydrogens (tertiary/aromatic N) is 2. The molecule has 1 aromatic rings. The van der Waals surface area contributed by atoms with Crippen LogP contribution >= 0.6 is 15.9 Å². The van der Waals surface area contributed by atoms with Gasteiger partial charge in [-0.25, -0.2) is 4.98 Å². The summed E-state index contributed by atoms with van der Waals surface area (Å²) >= 11 is 3.27. The number of carbonyl (C=O) groups excluding carboxylic acids is 2. The molecule has 1 saturated heterocycles. The van der Waals surface area contributed by atoms with E-state index in [4.69, 9.17) is 0 Å². The van der Waals surface area contributed by atoms with Gasteiger partial charge >= 0.3 is 0 Å². The molecule has 1 fully saturated rings. The number of rotatable bonds is 4. The van der Waals surface area contributed by atoms with Crippen molar-refractivity contribution in [3.8, 4) is 0 Å². The molecule has 0 bridgehead atoms. The maximum absolute atomic E-state index is 12.4. The molecule has 5 nitrogen and oxygen atoms in total. The van der Waals surface area contributed by atoms with Crippen molar-refractivity contribution in [3.63, 3.8) is 0 Å². The van der Waals surface area contributed by atoms with Crippen LogP contribution in [0.4, 0.5) is 5.82 Å². The van der Waals surface area contributed by atoms with Crippen LogP contribution in [0, 0.1) is 5.92 Å². The fourth-order valence-corrected chi connectivity index (χ4v) is 2.79. The molecule has 108 valence electrons. The quantitative estimate of drug-likeness (QED) is 0.857. The second kappa shape index (κ2) is 6.35. The van der Waals surface area contributed by atoms with Gasteiger partial charge in [-0.1, -0.05) is 19.9 Å². The number of halogens is 1. The maximum atomic E-state index is 12.4. The van der Waals surface area contributed by atoms with E-state index in [9.17, 15) is 9.59 Å². The van der Waals surface area contributed by atoms with Gasteiger partial charge in [0.05, 0.1) is 0 Å². The molecular formula is C14H18BrN3O2. The standard InChI is InChI=1S/C14H18BrN3O2/c1-9(2)13(18-8-4-7-12(18)19)14(20)17-11-6-3-5-10(15)16-11/h3,5-6,9,13H,4,7-8H2,1-2H3,(H,16,17,20). The van der Waals surface area contributed by atoms with Crippen LogP contribution in [0.15, 0.2) is 22.8 Å². The Morgan fingerprint density at radius 3 is 2.75 bits per heavy atom. The molecule has 0 aliphatic carbocycles. The highest BCUT2D eigenvalue weighted by Crippen LogP contribution is 2.20. The zero-order valence-electron chi connectivity index (χ0n) is 11.6. The topological polar surface area (TPSA) is 62.3 Å². The summed E-state index contributed by atoms with van der Waals surface area (Å²) in [7, 11) is 0. The Kier molecular flexibility index (Phi) is 4.75. The molecular weight excluding hydrogens is 322 g/mol. The average Bonchev–Trinajstić information content (AvgIpc) is 2.75. The smallest absolute Gasteiger partial charge is 0.248 e. The minimum Gasteiger partial charge on any atom is -0.330 e. The number of hydrogen-bond acceptors (Lipinski definition) is 3. The predicted octanol–water partition coefficient (Wildman–Crippen LogP) is 2.43. The van der Waals surface area contributed by atoms with E-state index >= 15 is 0 Å². The Balaban J connectivity index is 2.13. The van der Waals surface area contributed by atoms with Gasteiger partial charge in [-0.05, 0) is 40.4 Å². The highest BCUT2D eigenvalue weighted by Gasteiger charge is 2.34. The van der Waals surface area contributed by atoms with Gasteiger partial charge < -0.3 is 10.2 Å². The van der Waals surface area contributed by atoms with Crippen LogP contribution in [0.1, 0.15) is 26.7 Å². The molecule has 1 atom stereocenters. The van der Waals surface area contributed by atoms with Crippen molar-refractivity contribution in [2.75, 3.05) is 11.9 Å². The fraction of sp³-hybridized carbons (Fsp3) is 0.500. The third-order valence-corrected chi connectivity index (χ3v) is 3.75. The summed E-state index contributed by atoms with van der Waals surface area (Å²) in [5.41, 5.74) is 0. The molecule has 1 aliphatic rings. The van der Waals surface area contributed by atoms with E-state index in [0.717, 1.165) is 6.42 Å². The summed E-state index contributed by atoms with van der Waals surface area (Å²) in [4.78, 5) is 30.2. The van der Waals surface area contributed by atoms with E-state index in [1.807, 2.05) is 13.8 Å². The first-order valence-corrected chi connectivity index (χ1v) is 7.51. The van der Waals surface area contributed by atoms with Gasteiger partial charge in [0.2, 0.25) is 11.8 Å². The molecule has 20 heavy (non-hydrogen) atoms. The van der Waals surface area contributed by atoms with E-state index in [1.165, 1.54) is 0 Å². The Bertz CT molecular complexity index is 519. The molecule has 2 heterocycles. The van der Waals surface area contributed by atoms with E-state index in [2.05, 4.69) is 26.2 Å². The van der Waals surface area contributed by atoms with Gasteiger partial charge in [-0.15, -0.1) is 0 Å². The molecule has 1 unspecified atom stereocenters. The van der Waals surface area contributed by atoms with Gasteiger partial charge in [0.1, 0.15) is 16.5 Å². The van der Waals surface area contributed by atoms with Crippen molar-refractivity contribution in [1.29, 1.82) is 0 Å². The Morgan fingerprint density at radius 2 is 2.20 bits per heavy atom. The third-order valence-electron chi connectivity index (χ3n) is 3.31. The Morgan fingerprint density at radius 1 is 1.45 bits per heavy atom. The number of amides is 2. The second-order valence-corrected chi connectivity index (χ2v) is 6.03. The van der Waals surface area contributed by atoms with Crippen molar-refractivity contribution in [1.82, 2.24) is 9.88 Å². The first kappa shape index (κ1) is 15.0. The largest absolute Gasteiger partial charge is 0.330 e. The van der Waals surface area contributed by atoms with Crippen LogP contribution < -0.4 is 5.32 Å². The fourth-order valence-electron chi connectivity index (χ4n) is 2.45. The molecule has 1 aromatic heterocycles. The minimum absolute atomic E-state index is 0.0565. The molecule has 0 radical (unpaired) electrons. The van der Waals surface area contributed by atoms with Crippen molar-refractivity contribution in [3.05, 3.63) is 22.8 Å². The first-order valence-electron chi connectivity index (χ1n) is 6.72. The number of likely N-dealkylation sites (tertiary alicyclic amines) is 1. The molecule has 0 saturated carbocycles. The van der Waals surface area contributed by atoms with Crippen LogP contribution in [-0.2, 0) is 9.59 Å². The van der Waals surface area contributed by atoms with Crippen molar-refractivity contribution >= 4 is 33.6 Å². The highest BCUT2D eigenvalue weighted by atomic mass is 79.9. The number of hydrogen-bond donors (Lipinski definition) is 1. The van der Waals surface area contributed by atoms with Gasteiger partial charge in [0.15, 0.2) is 0 Å². The Hall–Kier alpha value is -1.43. The first-order chi connectivity index (χ1) is 9.49. The van der Waals surface area contributed by atoms with Crippen LogP contribution in [0.2, 0.25) is 0 Å². The van der Waals surface area contributed by atoms with E-state index in [1.54, 1.807) is 23.1 Å². The number of anilines is 1. The molecule has 2 rings (SSSR count). The number of aromatic nitrogens is 1. The third kappa shape index (κ3) is 3.36. The summed E-state index contributed by atoms with van der Waals surface area (Å²) in [5.74, 6) is 0.424. The lowest BCUT2D eigenvalue weighted by atomic mass is 10.0. The number of carbonyl (C=O) groups is 2. The molecule has 1 N–H and O–H groups in total. The van der Waals surface area contributed by atoms with Gasteiger partial charge in [-0.3, -0.25) is 9.59 Å². The zero-order valence-corrected chi connectivity index (χ0v) is 13.2. The predicted molar refractivity (Wildman–Crippen MR) is 80.1 cm³/mol. The summed E-state index contributed by atoms with van der Waals surface area (Å²) in [6.07, 6.45) is 1.36. The average molecular weight is 340 g/mol. The summed E-state index contributed by atoms with van der Waals surface area (Å²) < 4.78 is 0.661. The minimum atomic E-state index is -0.439. The van der Waals surface area contributed by atoms with E-state index in [0.29, 0.717) is 23.4 Å². The van der Waals surface area contributed by atoms with Crippen LogP contribution in [0.3, 0.4) is 0 Å². The van der Waals surface area contributed by atoms with Crippen LogP contribution in [0.5, 0.6) is 0 Å². The highest BCUT2D eigenvalue weighted by molar-refractivity contribution is 9.10. The van der Waals surface area contributed by atoms with Gasteiger partial charge in [0, 0.05) is 13.0 Å². The normalized spacial score (nSPS) is 16.6. The molecule has 1 aliphatic heterocycles. The van der Waals surface area contributed by atoms with Crippen molar-refractivity contribution in [2.45, 2.75) is 32.7 Å². The van der Waals surface area contributed by atoms with Crippen LogP contribution in [0.25, 0.3) is 0 Å². The van der Waals surface area contributed by atoms with E-state index < -0.39 is 6.04 Å². The van der Waals surface area contributed by atoms with Gasteiger partial charge in [-0.2, -0.15) is 0 Å². The van der Waals surface area contributed by atoms with E-state index in [-0.39, 0.29) is 17.7 Å². The molecule has 6 heteroatoms. The SMILES string of the molecule is CC(C)C(C(=O)Nc1cccc(Br)n1)N1CCCC1=O. The summed E-state index contributed by atoms with van der Waals surface area (Å²) in [5, 5.41) is 2.79. The Labute approximate surface area is 126 Å². The molecule has 0 spiro atoms. The zero-order chi connectivity index (χ0) is 14.7. The number of nitrogens with one attached hydrogen (secondary N) is 1. The van der Waals surface area contributed by atoms with Crippen LogP contribution in [-0.4, -0.2) is 34.3 Å². The summed E-state index contributed by atoms with van der Waals surface area (Å²) in [6.45, 7) is 4.55. The number of pyridine rings is 1.